The van der Waals surface area contributed by atoms with Crippen molar-refractivity contribution >= 4 is 25.3 Å². The minimum absolute atomic E-state index is 0.267. The second kappa shape index (κ2) is 27.5. The molecule has 142 valence electrons. The third-order valence-electron chi connectivity index (χ3n) is 4.08. The third kappa shape index (κ3) is 31.0. The predicted octanol–water partition coefficient (Wildman–Crippen LogP) is 7.09. The van der Waals surface area contributed by atoms with Crippen LogP contribution in [0.1, 0.15) is 110 Å². The van der Waals surface area contributed by atoms with E-state index in [4.69, 9.17) is 5.11 Å². The van der Waals surface area contributed by atoms with Gasteiger partial charge in [0.25, 0.3) is 0 Å². The lowest BCUT2D eigenvalue weighted by molar-refractivity contribution is 0.296. The Kier molecular flexibility index (Phi) is 31.0. The van der Waals surface area contributed by atoms with Gasteiger partial charge < -0.3 is 5.11 Å². The van der Waals surface area contributed by atoms with Crippen LogP contribution in [0, 0.1) is 0 Å². The molecule has 0 atom stereocenters. The Morgan fingerprint density at radius 3 is 1.00 bits per heavy atom. The van der Waals surface area contributed by atoms with E-state index < -0.39 is 0 Å². The van der Waals surface area contributed by atoms with Crippen molar-refractivity contribution in [1.82, 2.24) is 0 Å². The minimum atomic E-state index is 0.267. The normalized spacial score (nSPS) is 10.4. The summed E-state index contributed by atoms with van der Waals surface area (Å²) in [6.07, 6.45) is 22.4. The molecule has 0 rings (SSSR count). The molecule has 3 heteroatoms. The molecular weight excluding hydrogens is 320 g/mol. The Bertz CT molecular complexity index is 159. The molecule has 0 aromatic rings. The van der Waals surface area contributed by atoms with Crippen molar-refractivity contribution in [1.29, 1.82) is 0 Å². The first kappa shape index (κ1) is 25.9. The van der Waals surface area contributed by atoms with E-state index in [1.54, 1.807) is 0 Å². The highest BCUT2D eigenvalue weighted by Crippen LogP contribution is 2.13. The number of aliphatic hydroxyl groups is 1. The predicted molar refractivity (Wildman–Crippen MR) is 114 cm³/mol. The highest BCUT2D eigenvalue weighted by Gasteiger charge is 1.93. The number of thiol groups is 2. The topological polar surface area (TPSA) is 20.2 Å². The first-order chi connectivity index (χ1) is 11.3. The van der Waals surface area contributed by atoms with Crippen molar-refractivity contribution in [2.24, 2.45) is 0 Å². The molecule has 0 aromatic carbocycles. The van der Waals surface area contributed by atoms with Crippen LogP contribution in [-0.2, 0) is 0 Å². The van der Waals surface area contributed by atoms with Crippen LogP contribution in [0.4, 0.5) is 0 Å². The van der Waals surface area contributed by atoms with E-state index in [1.165, 1.54) is 96.3 Å². The summed E-state index contributed by atoms with van der Waals surface area (Å²) in [5.74, 6) is 1.86. The number of hydrogen-bond acceptors (Lipinski definition) is 3. The lowest BCUT2D eigenvalue weighted by Gasteiger charge is -2.02. The summed E-state index contributed by atoms with van der Waals surface area (Å²) in [4.78, 5) is 0. The molecular formula is C20H44OS2. The van der Waals surface area contributed by atoms with Gasteiger partial charge in [-0.2, -0.15) is 25.3 Å². The fourth-order valence-electron chi connectivity index (χ4n) is 2.55. The van der Waals surface area contributed by atoms with Crippen molar-refractivity contribution in [2.45, 2.75) is 110 Å². The van der Waals surface area contributed by atoms with E-state index in [9.17, 15) is 0 Å². The molecule has 0 aliphatic rings. The molecule has 0 bridgehead atoms. The smallest absolute Gasteiger partial charge is 0.0438 e. The van der Waals surface area contributed by atoms with Crippen molar-refractivity contribution in [2.75, 3.05) is 18.1 Å². The second-order valence-corrected chi connectivity index (χ2v) is 7.37. The fourth-order valence-corrected chi connectivity index (χ4v) is 2.92. The van der Waals surface area contributed by atoms with Gasteiger partial charge in [0.1, 0.15) is 0 Å². The van der Waals surface area contributed by atoms with Crippen LogP contribution in [0.2, 0.25) is 0 Å². The highest BCUT2D eigenvalue weighted by molar-refractivity contribution is 7.80. The maximum atomic E-state index is 8.02. The zero-order valence-corrected chi connectivity index (χ0v) is 17.6. The summed E-state index contributed by atoms with van der Waals surface area (Å²) in [6, 6.07) is 0. The molecule has 0 saturated carbocycles. The van der Waals surface area contributed by atoms with Crippen LogP contribution in [0.5, 0.6) is 0 Å². The Hall–Kier alpha value is 0.660. The minimum Gasteiger partial charge on any atom is -0.396 e. The molecule has 0 radical (unpaired) electrons. The first-order valence-corrected chi connectivity index (χ1v) is 11.4. The van der Waals surface area contributed by atoms with Crippen LogP contribution in [0.15, 0.2) is 0 Å². The van der Waals surface area contributed by atoms with Gasteiger partial charge in [0.05, 0.1) is 0 Å². The SMILES string of the molecule is CCCCCCCCCCCCCCCCCS.OCCCS. The van der Waals surface area contributed by atoms with E-state index in [-0.39, 0.29) is 6.61 Å². The van der Waals surface area contributed by atoms with Gasteiger partial charge in [-0.25, -0.2) is 0 Å². The van der Waals surface area contributed by atoms with Gasteiger partial charge in [0.15, 0.2) is 0 Å². The van der Waals surface area contributed by atoms with E-state index in [1.807, 2.05) is 0 Å². The molecule has 0 fully saturated rings. The molecule has 1 N–H and O–H groups in total. The van der Waals surface area contributed by atoms with E-state index in [0.29, 0.717) is 0 Å². The summed E-state index contributed by atoms with van der Waals surface area (Å²) in [7, 11) is 0. The number of unbranched alkanes of at least 4 members (excludes halogenated alkanes) is 14. The number of aliphatic hydroxyl groups excluding tert-OH is 1. The van der Waals surface area contributed by atoms with E-state index in [0.717, 1.165) is 17.9 Å². The quantitative estimate of drug-likeness (QED) is 0.186. The van der Waals surface area contributed by atoms with Crippen molar-refractivity contribution in [3.05, 3.63) is 0 Å². The molecule has 0 aliphatic heterocycles. The molecule has 0 unspecified atom stereocenters. The van der Waals surface area contributed by atoms with Gasteiger partial charge in [-0.15, -0.1) is 0 Å². The molecule has 0 aromatic heterocycles. The van der Waals surface area contributed by atoms with Crippen molar-refractivity contribution < 1.29 is 5.11 Å². The Morgan fingerprint density at radius 1 is 0.478 bits per heavy atom. The Morgan fingerprint density at radius 2 is 0.783 bits per heavy atom. The summed E-state index contributed by atoms with van der Waals surface area (Å²) in [5, 5.41) is 8.02. The van der Waals surface area contributed by atoms with Gasteiger partial charge >= 0.3 is 0 Å². The highest BCUT2D eigenvalue weighted by atomic mass is 32.1. The molecule has 23 heavy (non-hydrogen) atoms. The molecule has 0 spiro atoms. The summed E-state index contributed by atoms with van der Waals surface area (Å²) in [5.41, 5.74) is 0. The fraction of sp³-hybridized carbons (Fsp3) is 1.00. The van der Waals surface area contributed by atoms with Crippen LogP contribution in [0.25, 0.3) is 0 Å². The Balaban J connectivity index is 0. The summed E-state index contributed by atoms with van der Waals surface area (Å²) < 4.78 is 0. The molecule has 0 amide bonds. The van der Waals surface area contributed by atoms with E-state index >= 15 is 0 Å². The van der Waals surface area contributed by atoms with Gasteiger partial charge in [-0.05, 0) is 24.3 Å². The van der Waals surface area contributed by atoms with Crippen molar-refractivity contribution in [3.8, 4) is 0 Å². The molecule has 0 aliphatic carbocycles. The number of rotatable bonds is 17. The van der Waals surface area contributed by atoms with Crippen LogP contribution < -0.4 is 0 Å². The zero-order chi connectivity index (χ0) is 17.4. The zero-order valence-electron chi connectivity index (χ0n) is 15.8. The average Bonchev–Trinajstić information content (AvgIpc) is 2.56. The largest absolute Gasteiger partial charge is 0.396 e. The van der Waals surface area contributed by atoms with Gasteiger partial charge in [-0.1, -0.05) is 96.8 Å². The first-order valence-electron chi connectivity index (χ1n) is 10.2. The average molecular weight is 365 g/mol. The maximum Gasteiger partial charge on any atom is 0.0438 e. The molecule has 0 saturated heterocycles. The third-order valence-corrected chi connectivity index (χ3v) is 4.71. The van der Waals surface area contributed by atoms with Gasteiger partial charge in [0.2, 0.25) is 0 Å². The lowest BCUT2D eigenvalue weighted by Crippen LogP contribution is -1.83. The molecule has 0 heterocycles. The maximum absolute atomic E-state index is 8.02. The summed E-state index contributed by atoms with van der Waals surface area (Å²) >= 11 is 8.08. The molecule has 1 nitrogen and oxygen atoms in total. The summed E-state index contributed by atoms with van der Waals surface area (Å²) in [6.45, 7) is 2.56. The second-order valence-electron chi connectivity index (χ2n) is 6.47. The Labute approximate surface area is 158 Å². The van der Waals surface area contributed by atoms with Crippen LogP contribution in [0.3, 0.4) is 0 Å². The van der Waals surface area contributed by atoms with Crippen LogP contribution >= 0.6 is 25.3 Å². The lowest BCUT2D eigenvalue weighted by atomic mass is 10.0. The number of hydrogen-bond donors (Lipinski definition) is 3. The van der Waals surface area contributed by atoms with Crippen LogP contribution in [-0.4, -0.2) is 23.2 Å². The standard InChI is InChI=1S/C17H36S.C3H8OS/c1-2-3-4-5-6-7-8-9-10-11-12-13-14-15-16-17-18;4-2-1-3-5/h18H,2-17H2,1H3;4-5H,1-3H2. The van der Waals surface area contributed by atoms with E-state index in [2.05, 4.69) is 32.2 Å². The van der Waals surface area contributed by atoms with Gasteiger partial charge in [-0.3, -0.25) is 0 Å². The monoisotopic (exact) mass is 364 g/mol. The van der Waals surface area contributed by atoms with Gasteiger partial charge in [0, 0.05) is 6.61 Å². The van der Waals surface area contributed by atoms with Crippen molar-refractivity contribution in [3.63, 3.8) is 0 Å².